The van der Waals surface area contributed by atoms with Crippen molar-refractivity contribution in [3.8, 4) is 11.8 Å². The normalized spacial score (nSPS) is 8.50. The summed E-state index contributed by atoms with van der Waals surface area (Å²) in [5, 5.41) is 3.07. The summed E-state index contributed by atoms with van der Waals surface area (Å²) in [6.45, 7) is 2.45. The maximum atomic E-state index is 4.18. The van der Waals surface area contributed by atoms with Gasteiger partial charge in [0.2, 0.25) is 0 Å². The molecule has 3 heteroatoms. The topological polar surface area (TPSA) is 24.9 Å². The lowest BCUT2D eigenvalue weighted by atomic mass is 10.4. The maximum absolute atomic E-state index is 4.18. The maximum Gasteiger partial charge on any atom is 0.128 e. The fourth-order valence-corrected chi connectivity index (χ4v) is 1.07. The van der Waals surface area contributed by atoms with Crippen molar-refractivity contribution in [2.45, 2.75) is 6.92 Å². The minimum Gasteiger partial charge on any atom is -0.359 e. The molecular formula is C9H9BrN2. The van der Waals surface area contributed by atoms with Crippen molar-refractivity contribution in [3.63, 3.8) is 0 Å². The summed E-state index contributed by atoms with van der Waals surface area (Å²) in [4.78, 5) is 4.18. The third kappa shape index (κ3) is 2.93. The van der Waals surface area contributed by atoms with Crippen LogP contribution in [-0.4, -0.2) is 11.5 Å². The van der Waals surface area contributed by atoms with Crippen LogP contribution in [0.1, 0.15) is 6.92 Å². The van der Waals surface area contributed by atoms with Gasteiger partial charge in [0.1, 0.15) is 10.4 Å². The van der Waals surface area contributed by atoms with Gasteiger partial charge in [0.25, 0.3) is 0 Å². The first kappa shape index (κ1) is 9.08. The highest BCUT2D eigenvalue weighted by Crippen LogP contribution is 2.09. The second kappa shape index (κ2) is 4.78. The van der Waals surface area contributed by atoms with Crippen molar-refractivity contribution >= 4 is 21.7 Å². The molecule has 1 heterocycles. The first-order valence-electron chi connectivity index (χ1n) is 3.59. The molecular weight excluding hydrogens is 216 g/mol. The molecule has 0 bridgehead atoms. The zero-order valence-corrected chi connectivity index (χ0v) is 8.35. The van der Waals surface area contributed by atoms with Crippen molar-refractivity contribution in [3.05, 3.63) is 22.8 Å². The summed E-state index contributed by atoms with van der Waals surface area (Å²) in [5.41, 5.74) is 0. The number of hydrogen-bond acceptors (Lipinski definition) is 2. The van der Waals surface area contributed by atoms with Crippen LogP contribution >= 0.6 is 15.9 Å². The predicted octanol–water partition coefficient (Wildman–Crippen LogP) is 2.28. The predicted molar refractivity (Wildman–Crippen MR) is 53.9 cm³/mol. The Morgan fingerprint density at radius 3 is 3.08 bits per heavy atom. The molecule has 0 radical (unpaired) electrons. The van der Waals surface area contributed by atoms with E-state index < -0.39 is 0 Å². The average Bonchev–Trinajstić information content (AvgIpc) is 2.05. The Balaban J connectivity index is 2.55. The van der Waals surface area contributed by atoms with Crippen LogP contribution in [0.25, 0.3) is 0 Å². The molecule has 0 aliphatic carbocycles. The van der Waals surface area contributed by atoms with E-state index in [2.05, 4.69) is 38.1 Å². The Hall–Kier alpha value is -1.01. The van der Waals surface area contributed by atoms with E-state index in [0.717, 1.165) is 10.4 Å². The zero-order valence-electron chi connectivity index (χ0n) is 6.76. The van der Waals surface area contributed by atoms with Crippen LogP contribution < -0.4 is 5.32 Å². The highest BCUT2D eigenvalue weighted by molar-refractivity contribution is 9.10. The van der Waals surface area contributed by atoms with Crippen LogP contribution in [-0.2, 0) is 0 Å². The molecule has 0 fully saturated rings. The van der Waals surface area contributed by atoms with Crippen LogP contribution in [0.4, 0.5) is 5.82 Å². The van der Waals surface area contributed by atoms with E-state index >= 15 is 0 Å². The fourth-order valence-electron chi connectivity index (χ4n) is 0.730. The molecule has 1 aromatic rings. The van der Waals surface area contributed by atoms with Crippen LogP contribution in [0, 0.1) is 11.8 Å². The number of anilines is 1. The van der Waals surface area contributed by atoms with Gasteiger partial charge in [0, 0.05) is 0 Å². The molecule has 0 aliphatic rings. The molecule has 2 nitrogen and oxygen atoms in total. The summed E-state index contributed by atoms with van der Waals surface area (Å²) < 4.78 is 0.831. The second-order valence-corrected chi connectivity index (χ2v) is 2.94. The molecule has 0 saturated carbocycles. The summed E-state index contributed by atoms with van der Waals surface area (Å²) >= 11 is 3.28. The summed E-state index contributed by atoms with van der Waals surface area (Å²) in [7, 11) is 0. The van der Waals surface area contributed by atoms with Gasteiger partial charge in [0.05, 0.1) is 6.54 Å². The molecule has 0 aliphatic heterocycles. The molecule has 0 aromatic carbocycles. The molecule has 1 rings (SSSR count). The Morgan fingerprint density at radius 2 is 2.42 bits per heavy atom. The second-order valence-electron chi connectivity index (χ2n) is 2.13. The molecule has 0 unspecified atom stereocenters. The van der Waals surface area contributed by atoms with Gasteiger partial charge in [-0.15, -0.1) is 5.92 Å². The monoisotopic (exact) mass is 224 g/mol. The first-order valence-corrected chi connectivity index (χ1v) is 4.38. The Kier molecular flexibility index (Phi) is 3.62. The van der Waals surface area contributed by atoms with Crippen molar-refractivity contribution in [1.82, 2.24) is 4.98 Å². The largest absolute Gasteiger partial charge is 0.359 e. The minimum atomic E-state index is 0.639. The van der Waals surface area contributed by atoms with Crippen molar-refractivity contribution in [1.29, 1.82) is 0 Å². The summed E-state index contributed by atoms with van der Waals surface area (Å²) in [6, 6.07) is 5.72. The zero-order chi connectivity index (χ0) is 8.81. The van der Waals surface area contributed by atoms with Gasteiger partial charge in [-0.1, -0.05) is 12.0 Å². The molecule has 1 aromatic heterocycles. The smallest absolute Gasteiger partial charge is 0.128 e. The van der Waals surface area contributed by atoms with Crippen LogP contribution in [0.2, 0.25) is 0 Å². The Morgan fingerprint density at radius 1 is 1.58 bits per heavy atom. The molecule has 0 amide bonds. The number of aromatic nitrogens is 1. The van der Waals surface area contributed by atoms with Gasteiger partial charge in [-0.3, -0.25) is 0 Å². The summed E-state index contributed by atoms with van der Waals surface area (Å²) in [5.74, 6) is 6.54. The van der Waals surface area contributed by atoms with Crippen LogP contribution in [0.3, 0.4) is 0 Å². The molecule has 0 spiro atoms. The van der Waals surface area contributed by atoms with E-state index in [4.69, 9.17) is 0 Å². The number of hydrogen-bond donors (Lipinski definition) is 1. The standard InChI is InChI=1S/C9H9BrN2/c1-2-3-7-11-9-6-4-5-8(10)12-9/h4-6H,7H2,1H3,(H,11,12). The van der Waals surface area contributed by atoms with Crippen molar-refractivity contribution in [2.24, 2.45) is 0 Å². The molecule has 1 N–H and O–H groups in total. The SMILES string of the molecule is CC#CCNc1cccc(Br)n1. The van der Waals surface area contributed by atoms with Gasteiger partial charge in [-0.25, -0.2) is 4.98 Å². The van der Waals surface area contributed by atoms with Gasteiger partial charge in [-0.05, 0) is 35.0 Å². The van der Waals surface area contributed by atoms with E-state index in [0.29, 0.717) is 6.54 Å². The quantitative estimate of drug-likeness (QED) is 0.616. The van der Waals surface area contributed by atoms with Gasteiger partial charge in [-0.2, -0.15) is 0 Å². The molecule has 0 atom stereocenters. The first-order chi connectivity index (χ1) is 5.83. The Labute approximate surface area is 80.5 Å². The highest BCUT2D eigenvalue weighted by atomic mass is 79.9. The Bertz CT molecular complexity index is 312. The van der Waals surface area contributed by atoms with Crippen LogP contribution in [0.5, 0.6) is 0 Å². The van der Waals surface area contributed by atoms with E-state index in [1.807, 2.05) is 25.1 Å². The van der Waals surface area contributed by atoms with E-state index in [1.54, 1.807) is 0 Å². The van der Waals surface area contributed by atoms with E-state index in [-0.39, 0.29) is 0 Å². The lowest BCUT2D eigenvalue weighted by molar-refractivity contribution is 1.22. The number of nitrogens with zero attached hydrogens (tertiary/aromatic N) is 1. The number of halogens is 1. The number of rotatable bonds is 2. The van der Waals surface area contributed by atoms with Gasteiger partial charge < -0.3 is 5.32 Å². The number of nitrogens with one attached hydrogen (secondary N) is 1. The average molecular weight is 225 g/mol. The lowest BCUT2D eigenvalue weighted by Crippen LogP contribution is -2.00. The summed E-state index contributed by atoms with van der Waals surface area (Å²) in [6.07, 6.45) is 0. The molecule has 0 saturated heterocycles. The van der Waals surface area contributed by atoms with Crippen molar-refractivity contribution in [2.75, 3.05) is 11.9 Å². The van der Waals surface area contributed by atoms with Crippen molar-refractivity contribution < 1.29 is 0 Å². The lowest BCUT2D eigenvalue weighted by Gasteiger charge is -1.99. The van der Waals surface area contributed by atoms with E-state index in [1.165, 1.54) is 0 Å². The number of pyridine rings is 1. The third-order valence-corrected chi connectivity index (χ3v) is 1.69. The van der Waals surface area contributed by atoms with E-state index in [9.17, 15) is 0 Å². The van der Waals surface area contributed by atoms with Gasteiger partial charge >= 0.3 is 0 Å². The third-order valence-electron chi connectivity index (χ3n) is 1.25. The highest BCUT2D eigenvalue weighted by Gasteiger charge is 1.90. The molecule has 62 valence electrons. The minimum absolute atomic E-state index is 0.639. The van der Waals surface area contributed by atoms with Gasteiger partial charge in [0.15, 0.2) is 0 Å². The fraction of sp³-hybridized carbons (Fsp3) is 0.222. The molecule has 12 heavy (non-hydrogen) atoms. The van der Waals surface area contributed by atoms with Crippen LogP contribution in [0.15, 0.2) is 22.8 Å².